The molecule has 0 aromatic carbocycles. The Hall–Kier alpha value is -3.85. The van der Waals surface area contributed by atoms with Gasteiger partial charge in [0.15, 0.2) is 11.9 Å². The molecule has 1 fully saturated rings. The number of imidazole rings is 1. The summed E-state index contributed by atoms with van der Waals surface area (Å²) in [4.78, 5) is 26.3. The zero-order valence-corrected chi connectivity index (χ0v) is 19.8. The van der Waals surface area contributed by atoms with Gasteiger partial charge in [0.25, 0.3) is 0 Å². The SMILES string of the molecule is C#C.Cc1ccc(-c2cnc3c(N=C(NN)C4CCC4)cc(C=O)cn23)s1.N=CN=C(N)CN. The number of aliphatic imine (C=N–C) groups is 2. The fraction of sp³-hybridized carbons (Fsp3) is 0.261. The first-order chi connectivity index (χ1) is 16.5. The minimum absolute atomic E-state index is 0.218. The van der Waals surface area contributed by atoms with Crippen LogP contribution < -0.4 is 22.7 Å². The number of carbonyl (C=O) groups excluding carboxylic acids is 1. The summed E-state index contributed by atoms with van der Waals surface area (Å²) in [7, 11) is 0. The highest BCUT2D eigenvalue weighted by Gasteiger charge is 2.23. The number of terminal acetylenes is 1. The second-order valence-electron chi connectivity index (χ2n) is 7.25. The number of aryl methyl sites for hydroxylation is 1. The summed E-state index contributed by atoms with van der Waals surface area (Å²) in [5.74, 6) is 7.07. The van der Waals surface area contributed by atoms with Crippen molar-refractivity contribution in [3.05, 3.63) is 41.0 Å². The standard InChI is InChI=1S/C18H19N5OS.C3H8N4.C2H2/c1-11-5-6-16(25-11)15-8-20-18-14(7-12(10-24)9-23(15)18)21-17(22-19)13-3-2-4-13;4-1-3(6)7-2-5;1-2/h5-10,13H,2-4,19H2,1H3,(H,21,22);2H,1,4H2,(H3,5,6,7);1-2H. The summed E-state index contributed by atoms with van der Waals surface area (Å²) in [5.41, 5.74) is 15.7. The van der Waals surface area contributed by atoms with Crippen molar-refractivity contribution in [2.45, 2.75) is 26.2 Å². The molecule has 3 aromatic heterocycles. The molecule has 3 heterocycles. The number of aldehydes is 1. The molecule has 11 heteroatoms. The number of fused-ring (bicyclic) bond motifs is 1. The van der Waals surface area contributed by atoms with Gasteiger partial charge in [0.05, 0.1) is 23.3 Å². The van der Waals surface area contributed by atoms with Crippen LogP contribution in [0, 0.1) is 31.1 Å². The van der Waals surface area contributed by atoms with Crippen LogP contribution in [-0.4, -0.2) is 40.2 Å². The zero-order valence-electron chi connectivity index (χ0n) is 18.9. The van der Waals surface area contributed by atoms with Crippen LogP contribution in [-0.2, 0) is 0 Å². The number of pyridine rings is 1. The summed E-state index contributed by atoms with van der Waals surface area (Å²) in [6, 6.07) is 5.91. The summed E-state index contributed by atoms with van der Waals surface area (Å²) in [6.45, 7) is 2.29. The fourth-order valence-electron chi connectivity index (χ4n) is 3.18. The van der Waals surface area contributed by atoms with Crippen molar-refractivity contribution >= 4 is 47.0 Å². The number of carbonyl (C=O) groups is 1. The van der Waals surface area contributed by atoms with Crippen molar-refractivity contribution in [3.63, 3.8) is 0 Å². The molecule has 10 nitrogen and oxygen atoms in total. The number of thiophene rings is 1. The third kappa shape index (κ3) is 6.35. The summed E-state index contributed by atoms with van der Waals surface area (Å²) < 4.78 is 1.93. The molecule has 0 amide bonds. The third-order valence-electron chi connectivity index (χ3n) is 5.06. The van der Waals surface area contributed by atoms with Crippen LogP contribution in [0.15, 0.2) is 40.6 Å². The Balaban J connectivity index is 0.000000393. The van der Waals surface area contributed by atoms with E-state index < -0.39 is 0 Å². The monoisotopic (exact) mass is 479 g/mol. The molecule has 1 saturated carbocycles. The quantitative estimate of drug-likeness (QED) is 0.0907. The molecule has 0 aliphatic heterocycles. The Bertz CT molecular complexity index is 1200. The number of rotatable bonds is 6. The van der Waals surface area contributed by atoms with Gasteiger partial charge in [0.1, 0.15) is 23.7 Å². The Morgan fingerprint density at radius 2 is 2.15 bits per heavy atom. The average Bonchev–Trinajstić information content (AvgIpc) is 3.45. The normalized spacial score (nSPS) is 13.7. The molecule has 3 aromatic rings. The predicted octanol–water partition coefficient (Wildman–Crippen LogP) is 2.64. The lowest BCUT2D eigenvalue weighted by Gasteiger charge is -2.26. The molecule has 178 valence electrons. The molecule has 8 N–H and O–H groups in total. The first-order valence-electron chi connectivity index (χ1n) is 10.4. The van der Waals surface area contributed by atoms with E-state index >= 15 is 0 Å². The van der Waals surface area contributed by atoms with E-state index in [1.165, 1.54) is 11.3 Å². The molecule has 1 aliphatic rings. The Labute approximate surface area is 202 Å². The molecule has 0 spiro atoms. The van der Waals surface area contributed by atoms with E-state index in [1.807, 2.05) is 10.6 Å². The van der Waals surface area contributed by atoms with Gasteiger partial charge >= 0.3 is 0 Å². The second kappa shape index (κ2) is 13.0. The Morgan fingerprint density at radius 1 is 1.41 bits per heavy atom. The van der Waals surface area contributed by atoms with Crippen molar-refractivity contribution in [2.24, 2.45) is 33.2 Å². The lowest BCUT2D eigenvalue weighted by Crippen LogP contribution is -2.38. The van der Waals surface area contributed by atoms with Crippen LogP contribution in [0.2, 0.25) is 0 Å². The van der Waals surface area contributed by atoms with Crippen LogP contribution in [0.25, 0.3) is 16.2 Å². The lowest BCUT2D eigenvalue weighted by atomic mass is 9.84. The maximum Gasteiger partial charge on any atom is 0.163 e. The molecule has 0 atom stereocenters. The fourth-order valence-corrected chi connectivity index (χ4v) is 4.05. The molecule has 0 saturated heterocycles. The molecular formula is C23H29N9OS. The minimum atomic E-state index is 0.218. The van der Waals surface area contributed by atoms with Gasteiger partial charge in [0.2, 0.25) is 0 Å². The zero-order chi connectivity index (χ0) is 25.1. The highest BCUT2D eigenvalue weighted by atomic mass is 32.1. The van der Waals surface area contributed by atoms with Gasteiger partial charge in [-0.05, 0) is 38.0 Å². The number of amidine groups is 2. The van der Waals surface area contributed by atoms with Crippen molar-refractivity contribution in [1.29, 1.82) is 5.41 Å². The molecule has 0 bridgehead atoms. The largest absolute Gasteiger partial charge is 0.386 e. The third-order valence-corrected chi connectivity index (χ3v) is 6.08. The van der Waals surface area contributed by atoms with E-state index in [0.29, 0.717) is 17.2 Å². The second-order valence-corrected chi connectivity index (χ2v) is 8.53. The topological polar surface area (TPSA) is 173 Å². The van der Waals surface area contributed by atoms with E-state index in [2.05, 4.69) is 52.3 Å². The van der Waals surface area contributed by atoms with Gasteiger partial charge in [-0.3, -0.25) is 14.6 Å². The minimum Gasteiger partial charge on any atom is -0.386 e. The van der Waals surface area contributed by atoms with Crippen LogP contribution in [0.3, 0.4) is 0 Å². The number of hydrogen-bond acceptors (Lipinski definition) is 7. The van der Waals surface area contributed by atoms with Gasteiger partial charge in [-0.25, -0.2) is 20.8 Å². The van der Waals surface area contributed by atoms with Crippen LogP contribution in [0.5, 0.6) is 0 Å². The van der Waals surface area contributed by atoms with Crippen LogP contribution in [0.4, 0.5) is 5.69 Å². The first kappa shape index (κ1) is 26.4. The van der Waals surface area contributed by atoms with E-state index in [0.717, 1.165) is 47.5 Å². The first-order valence-corrected chi connectivity index (χ1v) is 11.2. The molecule has 0 unspecified atom stereocenters. The Morgan fingerprint density at radius 3 is 2.62 bits per heavy atom. The van der Waals surface area contributed by atoms with Crippen molar-refractivity contribution in [2.75, 3.05) is 6.54 Å². The summed E-state index contributed by atoms with van der Waals surface area (Å²) in [6.07, 6.45) is 16.7. The van der Waals surface area contributed by atoms with E-state index in [1.54, 1.807) is 23.6 Å². The highest BCUT2D eigenvalue weighted by Crippen LogP contribution is 2.33. The maximum absolute atomic E-state index is 11.4. The number of hydrazine groups is 1. The van der Waals surface area contributed by atoms with Crippen molar-refractivity contribution in [1.82, 2.24) is 14.8 Å². The molecule has 0 radical (unpaired) electrons. The van der Waals surface area contributed by atoms with E-state index in [4.69, 9.17) is 22.7 Å². The maximum atomic E-state index is 11.4. The van der Waals surface area contributed by atoms with Gasteiger partial charge in [-0.15, -0.1) is 24.2 Å². The molecule has 4 rings (SSSR count). The summed E-state index contributed by atoms with van der Waals surface area (Å²) in [5, 5.41) is 6.39. The molecule has 34 heavy (non-hydrogen) atoms. The average molecular weight is 480 g/mol. The Kier molecular flexibility index (Phi) is 10.1. The number of nitrogens with one attached hydrogen (secondary N) is 2. The predicted molar refractivity (Wildman–Crippen MR) is 140 cm³/mol. The molecular weight excluding hydrogens is 450 g/mol. The van der Waals surface area contributed by atoms with E-state index in [-0.39, 0.29) is 12.4 Å². The highest BCUT2D eigenvalue weighted by molar-refractivity contribution is 7.15. The van der Waals surface area contributed by atoms with Crippen molar-refractivity contribution in [3.8, 4) is 23.4 Å². The van der Waals surface area contributed by atoms with Gasteiger partial charge in [0, 0.05) is 22.6 Å². The smallest absolute Gasteiger partial charge is 0.163 e. The van der Waals surface area contributed by atoms with Gasteiger partial charge < -0.3 is 16.9 Å². The molecule has 1 aliphatic carbocycles. The number of nitrogens with zero attached hydrogens (tertiary/aromatic N) is 4. The van der Waals surface area contributed by atoms with E-state index in [9.17, 15) is 4.79 Å². The number of nitrogens with two attached hydrogens (primary N) is 3. The van der Waals surface area contributed by atoms with Gasteiger partial charge in [-0.1, -0.05) is 6.42 Å². The van der Waals surface area contributed by atoms with Gasteiger partial charge in [-0.2, -0.15) is 0 Å². The van der Waals surface area contributed by atoms with Crippen molar-refractivity contribution < 1.29 is 4.79 Å². The number of aromatic nitrogens is 2. The van der Waals surface area contributed by atoms with Crippen LogP contribution >= 0.6 is 11.3 Å². The number of hydrogen-bond donors (Lipinski definition) is 5. The lowest BCUT2D eigenvalue weighted by molar-refractivity contribution is 0.112. The van der Waals surface area contributed by atoms with Crippen LogP contribution in [0.1, 0.15) is 34.5 Å². The summed E-state index contributed by atoms with van der Waals surface area (Å²) >= 11 is 1.70.